The van der Waals surface area contributed by atoms with Crippen molar-refractivity contribution in [3.63, 3.8) is 0 Å². The van der Waals surface area contributed by atoms with Crippen LogP contribution in [0.5, 0.6) is 5.75 Å². The molecule has 0 saturated carbocycles. The first kappa shape index (κ1) is 27.9. The van der Waals surface area contributed by atoms with Crippen LogP contribution in [0, 0.1) is 0 Å². The number of aryl methyl sites for hydroxylation is 1. The fraction of sp³-hybridized carbons (Fsp3) is 0.200. The predicted molar refractivity (Wildman–Crippen MR) is 161 cm³/mol. The van der Waals surface area contributed by atoms with Gasteiger partial charge in [0.2, 0.25) is 0 Å². The Bertz CT molecular complexity index is 1600. The maximum atomic E-state index is 12.9. The minimum Gasteiger partial charge on any atom is -0.486 e. The summed E-state index contributed by atoms with van der Waals surface area (Å²) >= 11 is 0. The molecule has 1 heterocycles. The first-order chi connectivity index (χ1) is 20.2. The number of carbonyl (C=O) groups is 1. The second-order valence-electron chi connectivity index (χ2n) is 9.82. The van der Waals surface area contributed by atoms with Crippen LogP contribution >= 0.6 is 0 Å². The standard InChI is InChI=1S/C35H33NO5/c37-31-23-33(27-16-6-2-7-17-27)41-34-30(31)20-12-21-32(34)39-25-29(40-35(38)28-18-8-3-9-19-28)24-36-22-11-10-15-26-13-4-1-5-14-26/h1-9,12-14,16-21,23,29,36H,10-11,15,22,24-25H2. The summed E-state index contributed by atoms with van der Waals surface area (Å²) in [5.74, 6) is 0.463. The summed E-state index contributed by atoms with van der Waals surface area (Å²) in [5.41, 5.74) is 2.81. The lowest BCUT2D eigenvalue weighted by molar-refractivity contribution is 0.0178. The molecule has 4 aromatic carbocycles. The molecule has 5 rings (SSSR count). The van der Waals surface area contributed by atoms with Crippen LogP contribution in [0.25, 0.3) is 22.3 Å². The zero-order valence-electron chi connectivity index (χ0n) is 22.8. The molecule has 0 radical (unpaired) electrons. The summed E-state index contributed by atoms with van der Waals surface area (Å²) in [5, 5.41) is 3.84. The lowest BCUT2D eigenvalue weighted by atomic mass is 10.1. The van der Waals surface area contributed by atoms with E-state index >= 15 is 0 Å². The van der Waals surface area contributed by atoms with Crippen molar-refractivity contribution in [2.75, 3.05) is 19.7 Å². The third-order valence-corrected chi connectivity index (χ3v) is 6.77. The molecule has 0 bridgehead atoms. The zero-order valence-corrected chi connectivity index (χ0v) is 22.8. The van der Waals surface area contributed by atoms with Crippen LogP contribution in [0.2, 0.25) is 0 Å². The van der Waals surface area contributed by atoms with Crippen LogP contribution in [0.4, 0.5) is 0 Å². The van der Waals surface area contributed by atoms with Crippen molar-refractivity contribution in [3.05, 3.63) is 137 Å². The number of unbranched alkanes of at least 4 members (excludes halogenated alkanes) is 1. The Balaban J connectivity index is 1.26. The van der Waals surface area contributed by atoms with E-state index in [9.17, 15) is 9.59 Å². The highest BCUT2D eigenvalue weighted by Gasteiger charge is 2.19. The molecule has 1 atom stereocenters. The average molecular weight is 548 g/mol. The van der Waals surface area contributed by atoms with Crippen molar-refractivity contribution in [3.8, 4) is 17.1 Å². The summed E-state index contributed by atoms with van der Waals surface area (Å²) in [6.45, 7) is 1.30. The highest BCUT2D eigenvalue weighted by molar-refractivity contribution is 5.89. The van der Waals surface area contributed by atoms with Crippen LogP contribution < -0.4 is 15.5 Å². The van der Waals surface area contributed by atoms with Crippen LogP contribution in [0.1, 0.15) is 28.8 Å². The number of para-hydroxylation sites is 1. The number of ether oxygens (including phenoxy) is 2. The van der Waals surface area contributed by atoms with Crippen LogP contribution in [0.15, 0.2) is 124 Å². The van der Waals surface area contributed by atoms with Crippen LogP contribution in [-0.4, -0.2) is 31.8 Å². The predicted octanol–water partition coefficient (Wildman–Crippen LogP) is 6.68. The lowest BCUT2D eigenvalue weighted by Crippen LogP contribution is -2.36. The number of nitrogens with one attached hydrogen (secondary N) is 1. The van der Waals surface area contributed by atoms with Crippen molar-refractivity contribution in [2.45, 2.75) is 25.4 Å². The first-order valence-corrected chi connectivity index (χ1v) is 13.9. The molecule has 0 fully saturated rings. The van der Waals surface area contributed by atoms with E-state index in [2.05, 4.69) is 29.6 Å². The molecular formula is C35H33NO5. The molecule has 5 aromatic rings. The highest BCUT2D eigenvalue weighted by atomic mass is 16.6. The van der Waals surface area contributed by atoms with E-state index in [1.807, 2.05) is 42.5 Å². The van der Waals surface area contributed by atoms with Gasteiger partial charge in [-0.2, -0.15) is 0 Å². The number of fused-ring (bicyclic) bond motifs is 1. The zero-order chi connectivity index (χ0) is 28.3. The van der Waals surface area contributed by atoms with Crippen LogP contribution in [0.3, 0.4) is 0 Å². The Labute approximate surface area is 239 Å². The molecular weight excluding hydrogens is 514 g/mol. The normalized spacial score (nSPS) is 11.7. The molecule has 0 spiro atoms. The van der Waals surface area contributed by atoms with Gasteiger partial charge in [0.25, 0.3) is 0 Å². The molecule has 1 aromatic heterocycles. The molecule has 0 amide bonds. The number of rotatable bonds is 13. The number of esters is 1. The first-order valence-electron chi connectivity index (χ1n) is 13.9. The Kier molecular flexibility index (Phi) is 9.58. The van der Waals surface area contributed by atoms with Crippen molar-refractivity contribution in [2.24, 2.45) is 0 Å². The lowest BCUT2D eigenvalue weighted by Gasteiger charge is -2.20. The van der Waals surface area contributed by atoms with Crippen molar-refractivity contribution in [1.82, 2.24) is 5.32 Å². The van der Waals surface area contributed by atoms with Gasteiger partial charge in [-0.05, 0) is 55.6 Å². The molecule has 6 nitrogen and oxygen atoms in total. The molecule has 208 valence electrons. The third kappa shape index (κ3) is 7.71. The Hall–Kier alpha value is -4.68. The maximum absolute atomic E-state index is 12.9. The van der Waals surface area contributed by atoms with Gasteiger partial charge < -0.3 is 19.2 Å². The Morgan fingerprint density at radius 2 is 1.51 bits per heavy atom. The second kappa shape index (κ2) is 14.1. The van der Waals surface area contributed by atoms with Crippen molar-refractivity contribution < 1.29 is 18.7 Å². The number of benzene rings is 4. The van der Waals surface area contributed by atoms with Gasteiger partial charge in [-0.25, -0.2) is 4.79 Å². The average Bonchev–Trinajstić information content (AvgIpc) is 3.02. The minimum atomic E-state index is -0.559. The van der Waals surface area contributed by atoms with Gasteiger partial charge in [-0.3, -0.25) is 4.79 Å². The molecule has 6 heteroatoms. The highest BCUT2D eigenvalue weighted by Crippen LogP contribution is 2.28. The van der Waals surface area contributed by atoms with Gasteiger partial charge in [0.1, 0.15) is 18.5 Å². The van der Waals surface area contributed by atoms with E-state index in [1.54, 1.807) is 42.5 Å². The quantitative estimate of drug-likeness (QED) is 0.131. The smallest absolute Gasteiger partial charge is 0.338 e. The van der Waals surface area contributed by atoms with Gasteiger partial charge in [0, 0.05) is 18.2 Å². The fourth-order valence-corrected chi connectivity index (χ4v) is 4.61. The topological polar surface area (TPSA) is 77.8 Å². The maximum Gasteiger partial charge on any atom is 0.338 e. The molecule has 0 aliphatic rings. The monoisotopic (exact) mass is 547 g/mol. The Morgan fingerprint density at radius 3 is 2.27 bits per heavy atom. The molecule has 0 aliphatic heterocycles. The Morgan fingerprint density at radius 1 is 0.805 bits per heavy atom. The largest absolute Gasteiger partial charge is 0.486 e. The van der Waals surface area contributed by atoms with E-state index in [-0.39, 0.29) is 12.0 Å². The number of hydrogen-bond donors (Lipinski definition) is 1. The molecule has 0 saturated heterocycles. The van der Waals surface area contributed by atoms with Gasteiger partial charge in [0.15, 0.2) is 16.8 Å². The fourth-order valence-electron chi connectivity index (χ4n) is 4.61. The SMILES string of the molecule is O=C(OC(CNCCCCc1ccccc1)COc1cccc2c(=O)cc(-c3ccccc3)oc12)c1ccccc1. The van der Waals surface area contributed by atoms with Crippen molar-refractivity contribution in [1.29, 1.82) is 0 Å². The summed E-state index contributed by atoms with van der Waals surface area (Å²) in [7, 11) is 0. The molecule has 1 unspecified atom stereocenters. The third-order valence-electron chi connectivity index (χ3n) is 6.77. The van der Waals surface area contributed by atoms with E-state index in [1.165, 1.54) is 11.6 Å². The van der Waals surface area contributed by atoms with Gasteiger partial charge in [0.05, 0.1) is 10.9 Å². The summed E-state index contributed by atoms with van der Waals surface area (Å²) in [4.78, 5) is 25.7. The van der Waals surface area contributed by atoms with Crippen LogP contribution in [-0.2, 0) is 11.2 Å². The van der Waals surface area contributed by atoms with E-state index in [0.29, 0.717) is 34.6 Å². The summed E-state index contributed by atoms with van der Waals surface area (Å²) in [6, 6.07) is 35.5. The summed E-state index contributed by atoms with van der Waals surface area (Å²) in [6.07, 6.45) is 2.51. The van der Waals surface area contributed by atoms with Gasteiger partial charge in [-0.1, -0.05) is 84.9 Å². The molecule has 41 heavy (non-hydrogen) atoms. The number of carbonyl (C=O) groups excluding carboxylic acids is 1. The summed E-state index contributed by atoms with van der Waals surface area (Å²) < 4.78 is 18.2. The van der Waals surface area contributed by atoms with E-state index in [4.69, 9.17) is 13.9 Å². The van der Waals surface area contributed by atoms with E-state index in [0.717, 1.165) is 31.4 Å². The molecule has 0 aliphatic carbocycles. The van der Waals surface area contributed by atoms with Gasteiger partial charge in [-0.15, -0.1) is 0 Å². The molecule has 1 N–H and O–H groups in total. The van der Waals surface area contributed by atoms with E-state index < -0.39 is 12.1 Å². The van der Waals surface area contributed by atoms with Gasteiger partial charge >= 0.3 is 5.97 Å². The minimum absolute atomic E-state index is 0.0912. The van der Waals surface area contributed by atoms with Crippen molar-refractivity contribution >= 4 is 16.9 Å². The second-order valence-corrected chi connectivity index (χ2v) is 9.82. The number of hydrogen-bond acceptors (Lipinski definition) is 6.